The average Bonchev–Trinajstić information content (AvgIpc) is 4.04. The minimum absolute atomic E-state index is 0.574. The molecule has 0 saturated carbocycles. The summed E-state index contributed by atoms with van der Waals surface area (Å²) in [6, 6.07) is 79.8. The van der Waals surface area contributed by atoms with E-state index in [1.807, 2.05) is 6.07 Å². The molecule has 2 aromatic heterocycles. The van der Waals surface area contributed by atoms with E-state index in [1.54, 1.807) is 0 Å². The van der Waals surface area contributed by atoms with Crippen molar-refractivity contribution in [2.24, 2.45) is 0 Å². The first-order valence-electron chi connectivity index (χ1n) is 22.2. The van der Waals surface area contributed by atoms with E-state index in [0.29, 0.717) is 0 Å². The number of benzene rings is 10. The molecule has 2 aliphatic rings. The molecule has 4 heteroatoms. The third-order valence-electron chi connectivity index (χ3n) is 13.7. The molecular formula is C61H37NO3. The predicted octanol–water partition coefficient (Wildman–Crippen LogP) is 16.8. The van der Waals surface area contributed by atoms with Crippen molar-refractivity contribution in [1.29, 1.82) is 0 Å². The number of para-hydroxylation sites is 3. The van der Waals surface area contributed by atoms with Crippen molar-refractivity contribution in [3.05, 3.63) is 247 Å². The lowest BCUT2D eigenvalue weighted by Gasteiger charge is -2.40. The third-order valence-corrected chi connectivity index (χ3v) is 13.7. The van der Waals surface area contributed by atoms with Crippen LogP contribution in [0.1, 0.15) is 22.3 Å². The Bertz CT molecular complexity index is 3830. The maximum atomic E-state index is 7.13. The molecule has 12 aromatic rings. The van der Waals surface area contributed by atoms with E-state index >= 15 is 0 Å². The molecule has 65 heavy (non-hydrogen) atoms. The molecule has 0 bridgehead atoms. The molecule has 0 radical (unpaired) electrons. The fourth-order valence-corrected chi connectivity index (χ4v) is 11.1. The lowest BCUT2D eigenvalue weighted by atomic mass is 9.66. The van der Waals surface area contributed by atoms with Crippen molar-refractivity contribution in [2.45, 2.75) is 5.41 Å². The van der Waals surface area contributed by atoms with Gasteiger partial charge in [-0.25, -0.2) is 0 Å². The quantitative estimate of drug-likeness (QED) is 0.173. The van der Waals surface area contributed by atoms with Crippen LogP contribution >= 0.6 is 0 Å². The molecule has 0 saturated heterocycles. The highest BCUT2D eigenvalue weighted by Gasteiger charge is 2.51. The van der Waals surface area contributed by atoms with Gasteiger partial charge in [-0.15, -0.1) is 0 Å². The van der Waals surface area contributed by atoms with Crippen LogP contribution in [0.15, 0.2) is 233 Å². The van der Waals surface area contributed by atoms with Gasteiger partial charge in [0.15, 0.2) is 5.58 Å². The lowest BCUT2D eigenvalue weighted by Crippen LogP contribution is -2.32. The summed E-state index contributed by atoms with van der Waals surface area (Å²) in [4.78, 5) is 2.32. The van der Waals surface area contributed by atoms with E-state index in [4.69, 9.17) is 13.6 Å². The molecule has 0 atom stereocenters. The molecule has 1 aliphatic heterocycles. The number of rotatable bonds is 5. The number of ether oxygens (including phenoxy) is 1. The van der Waals surface area contributed by atoms with E-state index in [1.165, 1.54) is 22.3 Å². The van der Waals surface area contributed by atoms with Crippen molar-refractivity contribution in [3.63, 3.8) is 0 Å². The van der Waals surface area contributed by atoms with Crippen LogP contribution in [0.2, 0.25) is 0 Å². The first-order valence-corrected chi connectivity index (χ1v) is 22.2. The summed E-state index contributed by atoms with van der Waals surface area (Å²) in [5.41, 5.74) is 17.3. The highest BCUT2D eigenvalue weighted by Crippen LogP contribution is 2.62. The second kappa shape index (κ2) is 13.7. The Morgan fingerprint density at radius 1 is 0.338 bits per heavy atom. The Kier molecular flexibility index (Phi) is 7.57. The van der Waals surface area contributed by atoms with Gasteiger partial charge >= 0.3 is 0 Å². The lowest BCUT2D eigenvalue weighted by molar-refractivity contribution is 0.436. The largest absolute Gasteiger partial charge is 0.457 e. The zero-order valence-corrected chi connectivity index (χ0v) is 35.0. The second-order valence-electron chi connectivity index (χ2n) is 17.1. The molecular weight excluding hydrogens is 795 g/mol. The van der Waals surface area contributed by atoms with Crippen LogP contribution in [0.25, 0.3) is 77.3 Å². The van der Waals surface area contributed by atoms with Gasteiger partial charge in [0.05, 0.1) is 11.1 Å². The van der Waals surface area contributed by atoms with E-state index < -0.39 is 5.41 Å². The van der Waals surface area contributed by atoms with Gasteiger partial charge in [0.2, 0.25) is 0 Å². The molecule has 1 spiro atoms. The first kappa shape index (κ1) is 35.9. The summed E-state index contributed by atoms with van der Waals surface area (Å²) in [5, 5.41) is 4.22. The van der Waals surface area contributed by atoms with E-state index in [9.17, 15) is 0 Å². The highest BCUT2D eigenvalue weighted by atomic mass is 16.5. The summed E-state index contributed by atoms with van der Waals surface area (Å²) < 4.78 is 20.8. The number of anilines is 3. The number of fused-ring (bicyclic) bond motifs is 15. The Hall–Kier alpha value is -8.60. The first-order chi connectivity index (χ1) is 32.2. The number of hydrogen-bond donors (Lipinski definition) is 0. The van der Waals surface area contributed by atoms with E-state index in [0.717, 1.165) is 106 Å². The van der Waals surface area contributed by atoms with Crippen LogP contribution in [0.5, 0.6) is 11.5 Å². The maximum absolute atomic E-state index is 7.13. The molecule has 0 unspecified atom stereocenters. The van der Waals surface area contributed by atoms with Gasteiger partial charge < -0.3 is 18.5 Å². The van der Waals surface area contributed by atoms with Crippen LogP contribution < -0.4 is 9.64 Å². The molecule has 0 amide bonds. The predicted molar refractivity (Wildman–Crippen MR) is 264 cm³/mol. The topological polar surface area (TPSA) is 38.8 Å². The maximum Gasteiger partial charge on any atom is 0.159 e. The molecule has 0 fully saturated rings. The number of nitrogens with zero attached hydrogens (tertiary/aromatic N) is 1. The Balaban J connectivity index is 1.04. The fourth-order valence-electron chi connectivity index (χ4n) is 11.1. The molecule has 3 heterocycles. The third kappa shape index (κ3) is 5.08. The Morgan fingerprint density at radius 3 is 1.68 bits per heavy atom. The van der Waals surface area contributed by atoms with Crippen molar-refractivity contribution in [2.75, 3.05) is 4.90 Å². The van der Waals surface area contributed by atoms with E-state index in [-0.39, 0.29) is 0 Å². The van der Waals surface area contributed by atoms with Gasteiger partial charge in [0, 0.05) is 55.7 Å². The number of furan rings is 2. The van der Waals surface area contributed by atoms with Crippen LogP contribution in [-0.4, -0.2) is 0 Å². The summed E-state index contributed by atoms with van der Waals surface area (Å²) in [5.74, 6) is 1.66. The van der Waals surface area contributed by atoms with Crippen molar-refractivity contribution >= 4 is 60.9 Å². The van der Waals surface area contributed by atoms with Crippen molar-refractivity contribution in [1.82, 2.24) is 0 Å². The minimum Gasteiger partial charge on any atom is -0.457 e. The van der Waals surface area contributed by atoms with Gasteiger partial charge in [-0.3, -0.25) is 0 Å². The smallest absolute Gasteiger partial charge is 0.159 e. The second-order valence-corrected chi connectivity index (χ2v) is 17.1. The SMILES string of the molecule is c1ccc(-c2cccc3c2oc2c(N(c4ccc5c(c4)Oc4ccccc4C54c5ccccc5-c5ccccc54)c4ccc5oc6cccc(-c7ccccc7)c6c5c4)cccc23)cc1. The Labute approximate surface area is 374 Å². The molecule has 10 aromatic carbocycles. The molecule has 14 rings (SSSR count). The molecule has 4 nitrogen and oxygen atoms in total. The average molecular weight is 832 g/mol. The summed E-state index contributed by atoms with van der Waals surface area (Å²) in [7, 11) is 0. The van der Waals surface area contributed by atoms with E-state index in [2.05, 4.69) is 223 Å². The fraction of sp³-hybridized carbons (Fsp3) is 0.0164. The summed E-state index contributed by atoms with van der Waals surface area (Å²) in [6.07, 6.45) is 0. The van der Waals surface area contributed by atoms with Crippen LogP contribution in [0, 0.1) is 0 Å². The molecule has 1 aliphatic carbocycles. The van der Waals surface area contributed by atoms with Gasteiger partial charge in [-0.1, -0.05) is 176 Å². The molecule has 0 N–H and O–H groups in total. The summed E-state index contributed by atoms with van der Waals surface area (Å²) >= 11 is 0. The van der Waals surface area contributed by atoms with Gasteiger partial charge in [0.25, 0.3) is 0 Å². The minimum atomic E-state index is -0.574. The zero-order valence-electron chi connectivity index (χ0n) is 35.0. The standard InChI is InChI=1S/C61H37NO3/c1-3-16-38(17-4-1)42-22-15-31-56-58(42)48-36-40(33-35-54(48)63-56)62(53-29-14-25-47-46-24-13-23-43(59(46)65-60(47)53)39-18-5-2-6-19-39)41-32-34-52-57(37-41)64-55-30-12-11-28-51(55)61(52)49-26-9-7-20-44(49)45-21-8-10-27-50(45)61/h1-37H. The number of hydrogen-bond acceptors (Lipinski definition) is 4. The normalized spacial score (nSPS) is 13.2. The zero-order chi connectivity index (χ0) is 42.6. The van der Waals surface area contributed by atoms with Crippen LogP contribution in [-0.2, 0) is 5.41 Å². The van der Waals surface area contributed by atoms with Crippen LogP contribution in [0.4, 0.5) is 17.1 Å². The monoisotopic (exact) mass is 831 g/mol. The van der Waals surface area contributed by atoms with Crippen molar-refractivity contribution in [3.8, 4) is 44.9 Å². The van der Waals surface area contributed by atoms with Gasteiger partial charge in [-0.05, 0) is 81.4 Å². The van der Waals surface area contributed by atoms with Gasteiger partial charge in [-0.2, -0.15) is 0 Å². The van der Waals surface area contributed by atoms with Gasteiger partial charge in [0.1, 0.15) is 28.2 Å². The van der Waals surface area contributed by atoms with Crippen molar-refractivity contribution < 1.29 is 13.6 Å². The molecule has 304 valence electrons. The highest BCUT2D eigenvalue weighted by molar-refractivity contribution is 6.16. The van der Waals surface area contributed by atoms with Crippen LogP contribution in [0.3, 0.4) is 0 Å². The Morgan fingerprint density at radius 2 is 0.908 bits per heavy atom. The summed E-state index contributed by atoms with van der Waals surface area (Å²) in [6.45, 7) is 0.